The average Bonchev–Trinajstić information content (AvgIpc) is 2.87. The number of aromatic nitrogens is 3. The number of primary amides is 1. The van der Waals surface area contributed by atoms with E-state index < -0.39 is 0 Å². The Morgan fingerprint density at radius 3 is 2.83 bits per heavy atom. The van der Waals surface area contributed by atoms with Crippen molar-refractivity contribution in [2.24, 2.45) is 11.7 Å². The number of nitrogens with zero attached hydrogens (tertiary/aromatic N) is 5. The van der Waals surface area contributed by atoms with Crippen LogP contribution in [0.1, 0.15) is 6.42 Å². The number of carbonyl (C=O) groups is 2. The van der Waals surface area contributed by atoms with Crippen LogP contribution in [0.4, 0.5) is 0 Å². The van der Waals surface area contributed by atoms with Gasteiger partial charge in [-0.2, -0.15) is 0 Å². The predicted molar refractivity (Wildman–Crippen MR) is 88.9 cm³/mol. The van der Waals surface area contributed by atoms with E-state index in [9.17, 15) is 9.59 Å². The molecule has 8 heteroatoms. The van der Waals surface area contributed by atoms with E-state index in [0.717, 1.165) is 17.6 Å². The fourth-order valence-electron chi connectivity index (χ4n) is 3.02. The Balaban J connectivity index is 1.64. The number of aryl methyl sites for hydroxylation is 1. The van der Waals surface area contributed by atoms with Gasteiger partial charge >= 0.3 is 0 Å². The maximum atomic E-state index is 12.6. The van der Waals surface area contributed by atoms with Crippen molar-refractivity contribution in [3.63, 3.8) is 0 Å². The number of benzene rings is 1. The number of hydrogen-bond acceptors (Lipinski definition) is 5. The van der Waals surface area contributed by atoms with E-state index in [1.807, 2.05) is 36.2 Å². The van der Waals surface area contributed by atoms with Crippen molar-refractivity contribution in [1.29, 1.82) is 0 Å². The Kier molecular flexibility index (Phi) is 4.75. The summed E-state index contributed by atoms with van der Waals surface area (Å²) in [4.78, 5) is 27.9. The van der Waals surface area contributed by atoms with Crippen molar-refractivity contribution in [3.8, 4) is 0 Å². The maximum absolute atomic E-state index is 12.6. The van der Waals surface area contributed by atoms with E-state index in [1.165, 1.54) is 0 Å². The molecule has 1 fully saturated rings. The minimum absolute atomic E-state index is 0.0103. The number of para-hydroxylation sites is 1. The zero-order valence-electron chi connectivity index (χ0n) is 13.8. The van der Waals surface area contributed by atoms with Gasteiger partial charge in [-0.1, -0.05) is 17.3 Å². The van der Waals surface area contributed by atoms with Crippen LogP contribution in [0.3, 0.4) is 0 Å². The average molecular weight is 330 g/mol. The Labute approximate surface area is 140 Å². The smallest absolute Gasteiger partial charge is 0.224 e. The van der Waals surface area contributed by atoms with Gasteiger partial charge in [0.2, 0.25) is 11.8 Å². The van der Waals surface area contributed by atoms with Crippen molar-refractivity contribution in [2.45, 2.75) is 13.0 Å². The standard InChI is InChI=1S/C16H22N6O2/c1-20-8-9-21(11-12(10-20)16(17)24)15(23)6-7-22-14-5-3-2-4-13(14)18-19-22/h2-5,12H,6-11H2,1H3,(H2,17,24). The van der Waals surface area contributed by atoms with E-state index in [1.54, 1.807) is 9.58 Å². The monoisotopic (exact) mass is 330 g/mol. The summed E-state index contributed by atoms with van der Waals surface area (Å²) in [7, 11) is 1.94. The van der Waals surface area contributed by atoms with Crippen LogP contribution < -0.4 is 5.73 Å². The van der Waals surface area contributed by atoms with Gasteiger partial charge in [-0.25, -0.2) is 4.68 Å². The molecule has 1 aromatic carbocycles. The Hall–Kier alpha value is -2.48. The van der Waals surface area contributed by atoms with Gasteiger partial charge in [-0.05, 0) is 19.2 Å². The molecule has 1 aromatic heterocycles. The summed E-state index contributed by atoms with van der Waals surface area (Å²) in [6, 6.07) is 7.66. The number of carbonyl (C=O) groups excluding carboxylic acids is 2. The highest BCUT2D eigenvalue weighted by Gasteiger charge is 2.27. The summed E-state index contributed by atoms with van der Waals surface area (Å²) in [5, 5.41) is 8.19. The second-order valence-electron chi connectivity index (χ2n) is 6.25. The third-order valence-electron chi connectivity index (χ3n) is 4.44. The zero-order chi connectivity index (χ0) is 17.1. The van der Waals surface area contributed by atoms with Gasteiger partial charge in [-0.3, -0.25) is 9.59 Å². The lowest BCUT2D eigenvalue weighted by Gasteiger charge is -2.22. The number of hydrogen-bond donors (Lipinski definition) is 1. The molecule has 1 unspecified atom stereocenters. The first kappa shape index (κ1) is 16.4. The van der Waals surface area contributed by atoms with Crippen molar-refractivity contribution in [2.75, 3.05) is 33.2 Å². The second kappa shape index (κ2) is 6.96. The molecule has 128 valence electrons. The topological polar surface area (TPSA) is 97.3 Å². The largest absolute Gasteiger partial charge is 0.369 e. The van der Waals surface area contributed by atoms with E-state index >= 15 is 0 Å². The number of nitrogens with two attached hydrogens (primary N) is 1. The highest BCUT2D eigenvalue weighted by molar-refractivity contribution is 5.80. The Bertz CT molecular complexity index is 743. The van der Waals surface area contributed by atoms with Crippen LogP contribution in [-0.4, -0.2) is 69.8 Å². The molecular formula is C16H22N6O2. The van der Waals surface area contributed by atoms with Gasteiger partial charge in [0.25, 0.3) is 0 Å². The lowest BCUT2D eigenvalue weighted by atomic mass is 10.1. The number of rotatable bonds is 4. The van der Waals surface area contributed by atoms with E-state index in [0.29, 0.717) is 32.6 Å². The van der Waals surface area contributed by atoms with Crippen LogP contribution >= 0.6 is 0 Å². The summed E-state index contributed by atoms with van der Waals surface area (Å²) < 4.78 is 1.74. The molecule has 0 radical (unpaired) electrons. The van der Waals surface area contributed by atoms with Gasteiger partial charge < -0.3 is 15.5 Å². The molecule has 3 rings (SSSR count). The first-order valence-electron chi connectivity index (χ1n) is 8.08. The highest BCUT2D eigenvalue weighted by Crippen LogP contribution is 2.12. The number of likely N-dealkylation sites (N-methyl/N-ethyl adjacent to an activating group) is 1. The summed E-state index contributed by atoms with van der Waals surface area (Å²) in [5.74, 6) is -0.673. The summed E-state index contributed by atoms with van der Waals surface area (Å²) in [6.07, 6.45) is 0.322. The van der Waals surface area contributed by atoms with Crippen molar-refractivity contribution in [3.05, 3.63) is 24.3 Å². The van der Waals surface area contributed by atoms with Gasteiger partial charge in [-0.15, -0.1) is 5.10 Å². The molecule has 0 saturated carbocycles. The van der Waals surface area contributed by atoms with E-state index in [-0.39, 0.29) is 17.7 Å². The maximum Gasteiger partial charge on any atom is 0.224 e. The molecule has 1 atom stereocenters. The third kappa shape index (κ3) is 3.53. The molecule has 1 aliphatic heterocycles. The second-order valence-corrected chi connectivity index (χ2v) is 6.25. The Morgan fingerprint density at radius 1 is 1.25 bits per heavy atom. The van der Waals surface area contributed by atoms with Gasteiger partial charge in [0.1, 0.15) is 5.52 Å². The zero-order valence-corrected chi connectivity index (χ0v) is 13.8. The number of fused-ring (bicyclic) bond motifs is 1. The first-order valence-corrected chi connectivity index (χ1v) is 8.08. The SMILES string of the molecule is CN1CCN(C(=O)CCn2nnc3ccccc32)CC(C(N)=O)C1. The fraction of sp³-hybridized carbons (Fsp3) is 0.500. The van der Waals surface area contributed by atoms with Crippen molar-refractivity contribution < 1.29 is 9.59 Å². The molecule has 2 aromatic rings. The summed E-state index contributed by atoms with van der Waals surface area (Å²) >= 11 is 0. The van der Waals surface area contributed by atoms with Crippen LogP contribution in [0.5, 0.6) is 0 Å². The molecule has 1 saturated heterocycles. The molecule has 24 heavy (non-hydrogen) atoms. The van der Waals surface area contributed by atoms with E-state index in [2.05, 4.69) is 10.3 Å². The quantitative estimate of drug-likeness (QED) is 0.830. The molecular weight excluding hydrogens is 308 g/mol. The summed E-state index contributed by atoms with van der Waals surface area (Å²) in [5.41, 5.74) is 7.18. The van der Waals surface area contributed by atoms with Crippen molar-refractivity contribution >= 4 is 22.8 Å². The molecule has 2 heterocycles. The van der Waals surface area contributed by atoms with Crippen molar-refractivity contribution in [1.82, 2.24) is 24.8 Å². The molecule has 0 aliphatic carbocycles. The molecule has 1 aliphatic rings. The van der Waals surface area contributed by atoms with Gasteiger partial charge in [0.15, 0.2) is 0 Å². The van der Waals surface area contributed by atoms with Gasteiger partial charge in [0.05, 0.1) is 18.0 Å². The predicted octanol–water partition coefficient (Wildman–Crippen LogP) is -0.303. The first-order chi connectivity index (χ1) is 11.5. The van der Waals surface area contributed by atoms with Crippen LogP contribution in [0.2, 0.25) is 0 Å². The lowest BCUT2D eigenvalue weighted by molar-refractivity contribution is -0.132. The minimum Gasteiger partial charge on any atom is -0.369 e. The molecule has 2 amide bonds. The molecule has 0 spiro atoms. The lowest BCUT2D eigenvalue weighted by Crippen LogP contribution is -2.40. The highest BCUT2D eigenvalue weighted by atomic mass is 16.2. The van der Waals surface area contributed by atoms with Crippen LogP contribution in [0.25, 0.3) is 11.0 Å². The molecule has 2 N–H and O–H groups in total. The molecule has 8 nitrogen and oxygen atoms in total. The molecule has 0 bridgehead atoms. The number of amides is 2. The van der Waals surface area contributed by atoms with Crippen LogP contribution in [0.15, 0.2) is 24.3 Å². The Morgan fingerprint density at radius 2 is 2.04 bits per heavy atom. The third-order valence-corrected chi connectivity index (χ3v) is 4.44. The minimum atomic E-state index is -0.358. The van der Waals surface area contributed by atoms with E-state index in [4.69, 9.17) is 5.73 Å². The van der Waals surface area contributed by atoms with Gasteiger partial charge in [0, 0.05) is 32.6 Å². The normalized spacial score (nSPS) is 19.4. The summed E-state index contributed by atoms with van der Waals surface area (Å²) in [6.45, 7) is 2.79. The van der Waals surface area contributed by atoms with Crippen LogP contribution in [-0.2, 0) is 16.1 Å². The fourth-order valence-corrected chi connectivity index (χ4v) is 3.02. The van der Waals surface area contributed by atoms with Crippen LogP contribution in [0, 0.1) is 5.92 Å².